The Morgan fingerprint density at radius 1 is 1.29 bits per heavy atom. The zero-order valence-electron chi connectivity index (χ0n) is 13.6. The van der Waals surface area contributed by atoms with Crippen LogP contribution in [0.15, 0.2) is 35.1 Å². The number of nitrogens with one attached hydrogen (secondary N) is 1. The van der Waals surface area contributed by atoms with Crippen molar-refractivity contribution in [3.8, 4) is 22.9 Å². The highest BCUT2D eigenvalue weighted by atomic mass is 16.5. The van der Waals surface area contributed by atoms with Gasteiger partial charge in [-0.05, 0) is 37.6 Å². The minimum absolute atomic E-state index is 0.0802. The highest BCUT2D eigenvalue weighted by Crippen LogP contribution is 2.24. The molecule has 0 atom stereocenters. The molecule has 2 aromatic rings. The summed E-state index contributed by atoms with van der Waals surface area (Å²) in [7, 11) is 0. The third kappa shape index (κ3) is 4.23. The van der Waals surface area contributed by atoms with Gasteiger partial charge in [0.15, 0.2) is 0 Å². The second-order valence-corrected chi connectivity index (χ2v) is 5.11. The number of H-pyrrole nitrogens is 1. The van der Waals surface area contributed by atoms with Crippen LogP contribution in [0.2, 0.25) is 0 Å². The van der Waals surface area contributed by atoms with E-state index in [0.29, 0.717) is 23.6 Å². The van der Waals surface area contributed by atoms with Crippen LogP contribution < -0.4 is 10.3 Å². The molecule has 0 fully saturated rings. The number of nitriles is 1. The first kappa shape index (κ1) is 17.3. The molecule has 0 saturated heterocycles. The molecule has 0 bridgehead atoms. The van der Waals surface area contributed by atoms with Crippen molar-refractivity contribution in [2.24, 2.45) is 0 Å². The lowest BCUT2D eigenvalue weighted by Crippen LogP contribution is -2.12. The summed E-state index contributed by atoms with van der Waals surface area (Å²) in [6.45, 7) is 4.10. The molecule has 1 aromatic heterocycles. The number of esters is 1. The Morgan fingerprint density at radius 3 is 2.62 bits per heavy atom. The quantitative estimate of drug-likeness (QED) is 0.824. The van der Waals surface area contributed by atoms with Crippen LogP contribution in [0.5, 0.6) is 5.75 Å². The average Bonchev–Trinajstić information content (AvgIpc) is 2.55. The van der Waals surface area contributed by atoms with Crippen LogP contribution in [0.25, 0.3) is 11.1 Å². The zero-order valence-corrected chi connectivity index (χ0v) is 13.6. The van der Waals surface area contributed by atoms with Gasteiger partial charge >= 0.3 is 5.97 Å². The largest absolute Gasteiger partial charge is 0.493 e. The topological polar surface area (TPSA) is 92.2 Å². The number of nitrogens with zero attached hydrogens (tertiary/aromatic N) is 1. The number of rotatable bonds is 6. The number of pyridine rings is 1. The first-order chi connectivity index (χ1) is 11.5. The second-order valence-electron chi connectivity index (χ2n) is 5.11. The van der Waals surface area contributed by atoms with Gasteiger partial charge < -0.3 is 14.5 Å². The molecule has 1 aromatic carbocycles. The van der Waals surface area contributed by atoms with E-state index in [2.05, 4.69) is 4.98 Å². The Kier molecular flexibility index (Phi) is 5.74. The minimum atomic E-state index is -0.401. The van der Waals surface area contributed by atoms with Gasteiger partial charge in [0.25, 0.3) is 5.56 Å². The lowest BCUT2D eigenvalue weighted by Gasteiger charge is -2.08. The summed E-state index contributed by atoms with van der Waals surface area (Å²) in [5.41, 5.74) is 1.69. The van der Waals surface area contributed by atoms with Crippen LogP contribution >= 0.6 is 0 Å². The summed E-state index contributed by atoms with van der Waals surface area (Å²) in [5.74, 6) is 0.301. The Bertz CT molecular complexity index is 816. The molecular weight excluding hydrogens is 308 g/mol. The maximum Gasteiger partial charge on any atom is 0.309 e. The van der Waals surface area contributed by atoms with Crippen LogP contribution in [-0.4, -0.2) is 24.2 Å². The fraction of sp³-hybridized carbons (Fsp3) is 0.278. The smallest absolute Gasteiger partial charge is 0.309 e. The van der Waals surface area contributed by atoms with Crippen LogP contribution in [0, 0.1) is 18.3 Å². The molecule has 2 rings (SSSR count). The minimum Gasteiger partial charge on any atom is -0.493 e. The number of ether oxygens (including phenoxy) is 2. The highest BCUT2D eigenvalue weighted by molar-refractivity contribution is 5.71. The van der Waals surface area contributed by atoms with E-state index in [0.717, 1.165) is 5.56 Å². The molecule has 1 heterocycles. The van der Waals surface area contributed by atoms with Gasteiger partial charge in [0.1, 0.15) is 17.4 Å². The summed E-state index contributed by atoms with van der Waals surface area (Å²) in [6.07, 6.45) is 0.182. The molecule has 24 heavy (non-hydrogen) atoms. The van der Waals surface area contributed by atoms with Crippen molar-refractivity contribution in [3.05, 3.63) is 51.9 Å². The predicted molar refractivity (Wildman–Crippen MR) is 88.7 cm³/mol. The molecule has 1 N–H and O–H groups in total. The number of aryl methyl sites for hydroxylation is 1. The molecule has 0 aliphatic carbocycles. The molecule has 124 valence electrons. The summed E-state index contributed by atoms with van der Waals surface area (Å²) < 4.78 is 10.3. The van der Waals surface area contributed by atoms with Gasteiger partial charge in [0.2, 0.25) is 0 Å². The van der Waals surface area contributed by atoms with Crippen LogP contribution in [-0.2, 0) is 9.53 Å². The average molecular weight is 326 g/mol. The number of benzene rings is 1. The van der Waals surface area contributed by atoms with Crippen LogP contribution in [0.1, 0.15) is 24.6 Å². The number of carbonyl (C=O) groups is 1. The van der Waals surface area contributed by atoms with E-state index in [9.17, 15) is 14.9 Å². The molecular formula is C18H18N2O4. The Balaban J connectivity index is 2.12. The number of hydrogen-bond donors (Lipinski definition) is 1. The fourth-order valence-electron chi connectivity index (χ4n) is 2.24. The Morgan fingerprint density at radius 2 is 2.00 bits per heavy atom. The Hall–Kier alpha value is -3.07. The van der Waals surface area contributed by atoms with Crippen molar-refractivity contribution in [1.82, 2.24) is 4.98 Å². The van der Waals surface area contributed by atoms with Crippen molar-refractivity contribution >= 4 is 5.97 Å². The van der Waals surface area contributed by atoms with Crippen molar-refractivity contribution in [3.63, 3.8) is 0 Å². The van der Waals surface area contributed by atoms with Crippen LogP contribution in [0.4, 0.5) is 0 Å². The maximum absolute atomic E-state index is 11.8. The molecule has 0 unspecified atom stereocenters. The van der Waals surface area contributed by atoms with E-state index in [1.165, 1.54) is 0 Å². The normalized spacial score (nSPS) is 10.0. The number of aromatic nitrogens is 1. The van der Waals surface area contributed by atoms with Gasteiger partial charge in [-0.2, -0.15) is 5.26 Å². The lowest BCUT2D eigenvalue weighted by molar-refractivity contribution is -0.143. The third-order valence-corrected chi connectivity index (χ3v) is 3.33. The predicted octanol–water partition coefficient (Wildman–Crippen LogP) is 2.55. The van der Waals surface area contributed by atoms with Gasteiger partial charge in [0, 0.05) is 11.3 Å². The van der Waals surface area contributed by atoms with Gasteiger partial charge in [-0.15, -0.1) is 0 Å². The summed E-state index contributed by atoms with van der Waals surface area (Å²) >= 11 is 0. The lowest BCUT2D eigenvalue weighted by atomic mass is 10.0. The van der Waals surface area contributed by atoms with E-state index >= 15 is 0 Å². The van der Waals surface area contributed by atoms with E-state index < -0.39 is 5.56 Å². The van der Waals surface area contributed by atoms with E-state index in [1.54, 1.807) is 44.2 Å². The van der Waals surface area contributed by atoms with Gasteiger partial charge in [-0.3, -0.25) is 9.59 Å². The number of hydrogen-bond acceptors (Lipinski definition) is 5. The van der Waals surface area contributed by atoms with Gasteiger partial charge in [-0.25, -0.2) is 0 Å². The standard InChI is InChI=1S/C18H18N2O4/c1-3-23-17(21)8-9-24-14-6-4-13(5-7-14)15-10-12(2)20-18(22)16(15)11-19/h4-7,10H,3,8-9H2,1-2H3,(H,20,22). The van der Waals surface area contributed by atoms with Crippen molar-refractivity contribution in [2.45, 2.75) is 20.3 Å². The summed E-state index contributed by atoms with van der Waals surface area (Å²) in [6, 6.07) is 10.7. The molecule has 0 radical (unpaired) electrons. The second kappa shape index (κ2) is 7.97. The van der Waals surface area contributed by atoms with E-state index in [1.807, 2.05) is 6.07 Å². The van der Waals surface area contributed by atoms with E-state index in [4.69, 9.17) is 9.47 Å². The zero-order chi connectivity index (χ0) is 17.5. The summed E-state index contributed by atoms with van der Waals surface area (Å²) in [5, 5.41) is 9.18. The highest BCUT2D eigenvalue weighted by Gasteiger charge is 2.10. The fourth-order valence-corrected chi connectivity index (χ4v) is 2.24. The summed E-state index contributed by atoms with van der Waals surface area (Å²) in [4.78, 5) is 25.7. The van der Waals surface area contributed by atoms with Crippen molar-refractivity contribution in [1.29, 1.82) is 5.26 Å². The monoisotopic (exact) mass is 326 g/mol. The molecule has 0 amide bonds. The molecule has 6 nitrogen and oxygen atoms in total. The van der Waals surface area contributed by atoms with Gasteiger partial charge in [0.05, 0.1) is 19.6 Å². The molecule has 6 heteroatoms. The Labute approximate surface area is 139 Å². The molecule has 0 aliphatic rings. The number of aromatic amines is 1. The third-order valence-electron chi connectivity index (χ3n) is 3.33. The van der Waals surface area contributed by atoms with Crippen molar-refractivity contribution in [2.75, 3.05) is 13.2 Å². The maximum atomic E-state index is 11.8. The molecule has 0 spiro atoms. The molecule has 0 saturated carbocycles. The first-order valence-corrected chi connectivity index (χ1v) is 7.58. The van der Waals surface area contributed by atoms with Crippen LogP contribution in [0.3, 0.4) is 0 Å². The first-order valence-electron chi connectivity index (χ1n) is 7.58. The molecule has 0 aliphatic heterocycles. The SMILES string of the molecule is CCOC(=O)CCOc1ccc(-c2cc(C)[nH]c(=O)c2C#N)cc1. The van der Waals surface area contributed by atoms with Gasteiger partial charge in [-0.1, -0.05) is 12.1 Å². The van der Waals surface area contributed by atoms with E-state index in [-0.39, 0.29) is 24.6 Å². The van der Waals surface area contributed by atoms with Crippen molar-refractivity contribution < 1.29 is 14.3 Å². The number of carbonyl (C=O) groups excluding carboxylic acids is 1.